The van der Waals surface area contributed by atoms with Crippen LogP contribution in [-0.2, 0) is 19.1 Å². The summed E-state index contributed by atoms with van der Waals surface area (Å²) in [7, 11) is 0. The molecule has 1 aromatic carbocycles. The summed E-state index contributed by atoms with van der Waals surface area (Å²) in [5.41, 5.74) is 1.75. The SMILES string of the molecule is CC(=O)N1C=Cc2ccccc2[C@@H]1CC(=O)OCC(=O)NC(=O)NC1CC1. The molecule has 0 saturated heterocycles. The van der Waals surface area contributed by atoms with Crippen LogP contribution in [0.2, 0.25) is 0 Å². The second kappa shape index (κ2) is 8.03. The van der Waals surface area contributed by atoms with Crippen LogP contribution in [0.5, 0.6) is 0 Å². The minimum absolute atomic E-state index is 0.0948. The third kappa shape index (κ3) is 4.93. The Hall–Kier alpha value is -3.16. The number of nitrogens with one attached hydrogen (secondary N) is 2. The minimum atomic E-state index is -0.700. The zero-order valence-electron chi connectivity index (χ0n) is 14.9. The number of esters is 1. The Labute approximate surface area is 156 Å². The van der Waals surface area contributed by atoms with E-state index < -0.39 is 30.6 Å². The molecular formula is C19H21N3O5. The first-order chi connectivity index (χ1) is 12.9. The number of benzene rings is 1. The smallest absolute Gasteiger partial charge is 0.321 e. The number of nitrogens with zero attached hydrogens (tertiary/aromatic N) is 1. The van der Waals surface area contributed by atoms with Gasteiger partial charge in [-0.2, -0.15) is 0 Å². The molecule has 8 nitrogen and oxygen atoms in total. The fraction of sp³-hybridized carbons (Fsp3) is 0.368. The van der Waals surface area contributed by atoms with Crippen molar-refractivity contribution >= 4 is 29.9 Å². The normalized spacial score (nSPS) is 17.7. The van der Waals surface area contributed by atoms with Crippen LogP contribution in [0.1, 0.15) is 43.4 Å². The van der Waals surface area contributed by atoms with Crippen LogP contribution in [0.15, 0.2) is 30.5 Å². The number of hydrogen-bond donors (Lipinski definition) is 2. The van der Waals surface area contributed by atoms with E-state index in [4.69, 9.17) is 4.74 Å². The van der Waals surface area contributed by atoms with Crippen molar-refractivity contribution < 1.29 is 23.9 Å². The van der Waals surface area contributed by atoms with Crippen molar-refractivity contribution in [3.8, 4) is 0 Å². The largest absolute Gasteiger partial charge is 0.455 e. The summed E-state index contributed by atoms with van der Waals surface area (Å²) in [5.74, 6) is -1.53. The molecular weight excluding hydrogens is 350 g/mol. The van der Waals surface area contributed by atoms with Crippen molar-refractivity contribution in [3.05, 3.63) is 41.6 Å². The number of carbonyl (C=O) groups is 4. The number of rotatable bonds is 5. The minimum Gasteiger partial charge on any atom is -0.455 e. The molecule has 0 aromatic heterocycles. The lowest BCUT2D eigenvalue weighted by atomic mass is 9.94. The summed E-state index contributed by atoms with van der Waals surface area (Å²) in [4.78, 5) is 48.7. The van der Waals surface area contributed by atoms with Crippen LogP contribution < -0.4 is 10.6 Å². The molecule has 1 fully saturated rings. The molecule has 1 aliphatic carbocycles. The van der Waals surface area contributed by atoms with Gasteiger partial charge in [0, 0.05) is 19.2 Å². The first-order valence-corrected chi connectivity index (χ1v) is 8.76. The number of ether oxygens (including phenoxy) is 1. The molecule has 4 amide bonds. The Morgan fingerprint density at radius 1 is 1.19 bits per heavy atom. The van der Waals surface area contributed by atoms with E-state index in [9.17, 15) is 19.2 Å². The Morgan fingerprint density at radius 2 is 1.93 bits per heavy atom. The van der Waals surface area contributed by atoms with E-state index in [0.29, 0.717) is 0 Å². The molecule has 1 heterocycles. The fourth-order valence-corrected chi connectivity index (χ4v) is 2.89. The maximum Gasteiger partial charge on any atom is 0.321 e. The summed E-state index contributed by atoms with van der Waals surface area (Å²) in [6, 6.07) is 6.48. The van der Waals surface area contributed by atoms with Crippen molar-refractivity contribution in [2.24, 2.45) is 0 Å². The molecule has 0 spiro atoms. The van der Waals surface area contributed by atoms with E-state index in [-0.39, 0.29) is 18.4 Å². The molecule has 27 heavy (non-hydrogen) atoms. The first kappa shape index (κ1) is 18.6. The second-order valence-electron chi connectivity index (χ2n) is 6.55. The van der Waals surface area contributed by atoms with E-state index >= 15 is 0 Å². The van der Waals surface area contributed by atoms with E-state index in [1.165, 1.54) is 11.8 Å². The number of hydrogen-bond acceptors (Lipinski definition) is 5. The molecule has 3 rings (SSSR count). The van der Waals surface area contributed by atoms with Crippen LogP contribution in [0.25, 0.3) is 6.08 Å². The number of urea groups is 1. The van der Waals surface area contributed by atoms with Gasteiger partial charge in [0.25, 0.3) is 5.91 Å². The van der Waals surface area contributed by atoms with Gasteiger partial charge in [0.15, 0.2) is 6.61 Å². The molecule has 1 aliphatic heterocycles. The predicted octanol–water partition coefficient (Wildman–Crippen LogP) is 1.48. The fourth-order valence-electron chi connectivity index (χ4n) is 2.89. The third-order valence-electron chi connectivity index (χ3n) is 4.36. The Morgan fingerprint density at radius 3 is 2.63 bits per heavy atom. The van der Waals surface area contributed by atoms with Crippen LogP contribution in [0.4, 0.5) is 4.79 Å². The predicted molar refractivity (Wildman–Crippen MR) is 96.0 cm³/mol. The average Bonchev–Trinajstić information content (AvgIpc) is 3.43. The van der Waals surface area contributed by atoms with Crippen LogP contribution in [0, 0.1) is 0 Å². The Kier molecular flexibility index (Phi) is 5.54. The topological polar surface area (TPSA) is 105 Å². The van der Waals surface area contributed by atoms with Crippen molar-refractivity contribution in [2.45, 2.75) is 38.3 Å². The molecule has 0 bridgehead atoms. The van der Waals surface area contributed by atoms with Crippen LogP contribution in [0.3, 0.4) is 0 Å². The van der Waals surface area contributed by atoms with Gasteiger partial charge >= 0.3 is 12.0 Å². The molecule has 0 radical (unpaired) electrons. The Bertz CT molecular complexity index is 800. The molecule has 2 aliphatic rings. The van der Waals surface area contributed by atoms with Gasteiger partial charge in [-0.1, -0.05) is 24.3 Å². The van der Waals surface area contributed by atoms with Crippen molar-refractivity contribution in [2.75, 3.05) is 6.61 Å². The highest BCUT2D eigenvalue weighted by atomic mass is 16.5. The quantitative estimate of drug-likeness (QED) is 0.763. The molecule has 1 aromatic rings. The number of carbonyl (C=O) groups excluding carboxylic acids is 4. The number of imide groups is 1. The summed E-state index contributed by atoms with van der Waals surface area (Å²) in [6.07, 6.45) is 5.16. The number of amides is 4. The highest BCUT2D eigenvalue weighted by Gasteiger charge is 2.29. The highest BCUT2D eigenvalue weighted by Crippen LogP contribution is 2.33. The van der Waals surface area contributed by atoms with E-state index in [1.807, 2.05) is 30.3 Å². The maximum absolute atomic E-state index is 12.2. The number of fused-ring (bicyclic) bond motifs is 1. The zero-order valence-corrected chi connectivity index (χ0v) is 14.9. The van der Waals surface area contributed by atoms with Gasteiger partial charge in [-0.15, -0.1) is 0 Å². The Balaban J connectivity index is 1.55. The molecule has 1 saturated carbocycles. The van der Waals surface area contributed by atoms with Crippen molar-refractivity contribution in [1.29, 1.82) is 0 Å². The monoisotopic (exact) mass is 371 g/mol. The molecule has 0 unspecified atom stereocenters. The molecule has 2 N–H and O–H groups in total. The van der Waals surface area contributed by atoms with Gasteiger partial charge in [0.05, 0.1) is 12.5 Å². The van der Waals surface area contributed by atoms with Crippen molar-refractivity contribution in [3.63, 3.8) is 0 Å². The summed E-state index contributed by atoms with van der Waals surface area (Å²) < 4.78 is 4.98. The standard InChI is InChI=1S/C19H21N3O5/c1-12(23)22-9-8-13-4-2-3-5-15(13)16(22)10-18(25)27-11-17(24)21-19(26)20-14-6-7-14/h2-5,8-9,14,16H,6-7,10-11H2,1H3,(H2,20,21,24,26)/t16-/m0/s1. The highest BCUT2D eigenvalue weighted by molar-refractivity contribution is 5.95. The van der Waals surface area contributed by atoms with E-state index in [1.54, 1.807) is 6.20 Å². The second-order valence-corrected chi connectivity index (χ2v) is 6.55. The van der Waals surface area contributed by atoms with Gasteiger partial charge in [0.1, 0.15) is 0 Å². The summed E-state index contributed by atoms with van der Waals surface area (Å²) >= 11 is 0. The first-order valence-electron chi connectivity index (χ1n) is 8.76. The van der Waals surface area contributed by atoms with Gasteiger partial charge in [-0.3, -0.25) is 19.7 Å². The van der Waals surface area contributed by atoms with Gasteiger partial charge in [-0.05, 0) is 30.0 Å². The van der Waals surface area contributed by atoms with Crippen molar-refractivity contribution in [1.82, 2.24) is 15.5 Å². The lowest BCUT2D eigenvalue weighted by molar-refractivity contribution is -0.149. The summed E-state index contributed by atoms with van der Waals surface area (Å²) in [5, 5.41) is 4.72. The van der Waals surface area contributed by atoms with Crippen LogP contribution in [-0.4, -0.2) is 41.4 Å². The van der Waals surface area contributed by atoms with E-state index in [0.717, 1.165) is 24.0 Å². The average molecular weight is 371 g/mol. The van der Waals surface area contributed by atoms with E-state index in [2.05, 4.69) is 10.6 Å². The lowest BCUT2D eigenvalue weighted by Crippen LogP contribution is -2.42. The summed E-state index contributed by atoms with van der Waals surface area (Å²) in [6.45, 7) is 0.865. The maximum atomic E-state index is 12.2. The van der Waals surface area contributed by atoms with Crippen LogP contribution >= 0.6 is 0 Å². The molecule has 8 heteroatoms. The van der Waals surface area contributed by atoms with Gasteiger partial charge in [0.2, 0.25) is 5.91 Å². The molecule has 142 valence electrons. The lowest BCUT2D eigenvalue weighted by Gasteiger charge is -2.32. The molecule has 1 atom stereocenters. The zero-order chi connectivity index (χ0) is 19.4. The van der Waals surface area contributed by atoms with Gasteiger partial charge < -0.3 is 15.0 Å². The third-order valence-corrected chi connectivity index (χ3v) is 4.36. The van der Waals surface area contributed by atoms with Gasteiger partial charge in [-0.25, -0.2) is 4.79 Å².